The van der Waals surface area contributed by atoms with Gasteiger partial charge in [0.05, 0.1) is 5.92 Å². The summed E-state index contributed by atoms with van der Waals surface area (Å²) in [5, 5.41) is 14.9. The summed E-state index contributed by atoms with van der Waals surface area (Å²) in [4.78, 5) is 37.2. The Morgan fingerprint density at radius 2 is 1.57 bits per heavy atom. The number of rotatable bonds is 11. The first-order valence-electron chi connectivity index (χ1n) is 12.0. The van der Waals surface area contributed by atoms with Crippen LogP contribution < -0.4 is 10.6 Å². The van der Waals surface area contributed by atoms with Crippen LogP contribution in [0.25, 0.3) is 11.1 Å². The maximum absolute atomic E-state index is 12.9. The molecule has 186 valence electrons. The number of ether oxygens (including phenoxy) is 1. The van der Waals surface area contributed by atoms with Gasteiger partial charge in [-0.25, -0.2) is 4.79 Å². The van der Waals surface area contributed by atoms with Crippen LogP contribution in [0.3, 0.4) is 0 Å². The van der Waals surface area contributed by atoms with Crippen molar-refractivity contribution < 1.29 is 24.2 Å². The molecular formula is C28H34N2O5. The number of carboxylic acids is 1. The Hall–Kier alpha value is -3.61. The third-order valence-corrected chi connectivity index (χ3v) is 6.52. The van der Waals surface area contributed by atoms with Crippen molar-refractivity contribution in [2.45, 2.75) is 51.6 Å². The van der Waals surface area contributed by atoms with Crippen LogP contribution in [-0.4, -0.2) is 41.8 Å². The minimum absolute atomic E-state index is 0.0870. The number of carboxylic acid groups (broad SMARTS) is 1. The predicted molar refractivity (Wildman–Crippen MR) is 135 cm³/mol. The standard InChI is InChI=1S/C28H34N2O5/c1-5-6-15-24(26(31)29-18(4)25(17(2)3)27(32)33)30-28(34)35-16-23-21-13-9-7-11-19(21)20-12-8-10-14-22(20)23/h5,7-14,17-18,23-25H,1,6,15-16H2,2-4H3,(H,29,31)(H,30,34)(H,32,33). The fraction of sp³-hybridized carbons (Fsp3) is 0.393. The van der Waals surface area contributed by atoms with Crippen molar-refractivity contribution in [3.05, 3.63) is 72.3 Å². The Bertz CT molecular complexity index is 1040. The van der Waals surface area contributed by atoms with E-state index in [0.29, 0.717) is 12.8 Å². The van der Waals surface area contributed by atoms with Crippen LogP contribution in [0.1, 0.15) is 50.7 Å². The minimum atomic E-state index is -0.972. The summed E-state index contributed by atoms with van der Waals surface area (Å²) < 4.78 is 5.58. The molecule has 7 heteroatoms. The van der Waals surface area contributed by atoms with E-state index in [2.05, 4.69) is 29.3 Å². The maximum Gasteiger partial charge on any atom is 0.407 e. The highest BCUT2D eigenvalue weighted by molar-refractivity contribution is 5.86. The Labute approximate surface area is 206 Å². The first-order chi connectivity index (χ1) is 16.7. The van der Waals surface area contributed by atoms with Gasteiger partial charge in [-0.2, -0.15) is 0 Å². The molecule has 1 aliphatic rings. The molecule has 1 aliphatic carbocycles. The summed E-state index contributed by atoms with van der Waals surface area (Å²) >= 11 is 0. The summed E-state index contributed by atoms with van der Waals surface area (Å²) in [5.74, 6) is -2.41. The predicted octanol–water partition coefficient (Wildman–Crippen LogP) is 4.72. The zero-order valence-electron chi connectivity index (χ0n) is 20.5. The van der Waals surface area contributed by atoms with E-state index in [9.17, 15) is 19.5 Å². The number of fused-ring (bicyclic) bond motifs is 3. The summed E-state index contributed by atoms with van der Waals surface area (Å²) in [5.41, 5.74) is 4.47. The number of nitrogens with one attached hydrogen (secondary N) is 2. The van der Waals surface area contributed by atoms with Crippen LogP contribution >= 0.6 is 0 Å². The quantitative estimate of drug-likeness (QED) is 0.405. The smallest absolute Gasteiger partial charge is 0.407 e. The second-order valence-electron chi connectivity index (χ2n) is 9.29. The van der Waals surface area contributed by atoms with E-state index in [0.717, 1.165) is 22.3 Å². The zero-order valence-corrected chi connectivity index (χ0v) is 20.5. The minimum Gasteiger partial charge on any atom is -0.481 e. The molecule has 2 aromatic carbocycles. The second-order valence-corrected chi connectivity index (χ2v) is 9.29. The van der Waals surface area contributed by atoms with Crippen molar-refractivity contribution in [3.8, 4) is 11.1 Å². The maximum atomic E-state index is 12.9. The molecule has 3 rings (SSSR count). The molecule has 3 unspecified atom stereocenters. The molecule has 0 bridgehead atoms. The molecule has 3 N–H and O–H groups in total. The summed E-state index contributed by atoms with van der Waals surface area (Å²) in [6, 6.07) is 14.6. The highest BCUT2D eigenvalue weighted by atomic mass is 16.5. The van der Waals surface area contributed by atoms with Gasteiger partial charge in [-0.15, -0.1) is 6.58 Å². The number of benzene rings is 2. The van der Waals surface area contributed by atoms with Crippen molar-refractivity contribution in [3.63, 3.8) is 0 Å². The van der Waals surface area contributed by atoms with E-state index < -0.39 is 36.0 Å². The summed E-state index contributed by atoms with van der Waals surface area (Å²) in [6.07, 6.45) is 1.80. The molecule has 0 aromatic heterocycles. The van der Waals surface area contributed by atoms with E-state index in [4.69, 9.17) is 4.74 Å². The normalized spacial score (nSPS) is 14.9. The van der Waals surface area contributed by atoms with E-state index in [1.807, 2.05) is 36.4 Å². The molecule has 3 atom stereocenters. The lowest BCUT2D eigenvalue weighted by Gasteiger charge is -2.27. The molecule has 0 saturated carbocycles. The van der Waals surface area contributed by atoms with Crippen LogP contribution in [0.5, 0.6) is 0 Å². The van der Waals surface area contributed by atoms with Crippen LogP contribution in [0.4, 0.5) is 4.79 Å². The first-order valence-corrected chi connectivity index (χ1v) is 12.0. The van der Waals surface area contributed by atoms with Gasteiger partial charge < -0.3 is 20.5 Å². The van der Waals surface area contributed by atoms with E-state index in [1.165, 1.54) is 0 Å². The molecular weight excluding hydrogens is 444 g/mol. The van der Waals surface area contributed by atoms with Gasteiger partial charge in [-0.1, -0.05) is 68.5 Å². The lowest BCUT2D eigenvalue weighted by atomic mass is 9.89. The summed E-state index contributed by atoms with van der Waals surface area (Å²) in [6.45, 7) is 9.08. The lowest BCUT2D eigenvalue weighted by Crippen LogP contribution is -2.52. The van der Waals surface area contributed by atoms with Gasteiger partial charge in [0.15, 0.2) is 0 Å². The highest BCUT2D eigenvalue weighted by Gasteiger charge is 2.32. The van der Waals surface area contributed by atoms with Gasteiger partial charge in [0.25, 0.3) is 0 Å². The molecule has 2 aromatic rings. The Morgan fingerprint density at radius 3 is 2.09 bits per heavy atom. The summed E-state index contributed by atoms with van der Waals surface area (Å²) in [7, 11) is 0. The number of hydrogen-bond donors (Lipinski definition) is 3. The second kappa shape index (κ2) is 11.7. The van der Waals surface area contributed by atoms with Gasteiger partial charge in [0, 0.05) is 12.0 Å². The van der Waals surface area contributed by atoms with E-state index >= 15 is 0 Å². The molecule has 0 fully saturated rings. The van der Waals surface area contributed by atoms with Crippen LogP contribution in [0.15, 0.2) is 61.2 Å². The highest BCUT2D eigenvalue weighted by Crippen LogP contribution is 2.44. The molecule has 7 nitrogen and oxygen atoms in total. The van der Waals surface area contributed by atoms with Gasteiger partial charge in [-0.3, -0.25) is 9.59 Å². The third kappa shape index (κ3) is 6.10. The van der Waals surface area contributed by atoms with Crippen molar-refractivity contribution in [2.24, 2.45) is 11.8 Å². The Morgan fingerprint density at radius 1 is 1.00 bits per heavy atom. The molecule has 2 amide bonds. The van der Waals surface area contributed by atoms with Crippen molar-refractivity contribution >= 4 is 18.0 Å². The number of alkyl carbamates (subject to hydrolysis) is 1. The topological polar surface area (TPSA) is 105 Å². The number of aliphatic carboxylic acids is 1. The third-order valence-electron chi connectivity index (χ3n) is 6.52. The molecule has 0 radical (unpaired) electrons. The average Bonchev–Trinajstić information content (AvgIpc) is 3.13. The van der Waals surface area contributed by atoms with Crippen molar-refractivity contribution in [1.29, 1.82) is 0 Å². The van der Waals surface area contributed by atoms with Crippen molar-refractivity contribution in [2.75, 3.05) is 6.61 Å². The number of amides is 2. The number of carbonyl (C=O) groups excluding carboxylic acids is 2. The first kappa shape index (κ1) is 26.0. The van der Waals surface area contributed by atoms with Gasteiger partial charge >= 0.3 is 12.1 Å². The van der Waals surface area contributed by atoms with Crippen LogP contribution in [0, 0.1) is 11.8 Å². The fourth-order valence-corrected chi connectivity index (χ4v) is 4.83. The largest absolute Gasteiger partial charge is 0.481 e. The number of hydrogen-bond acceptors (Lipinski definition) is 4. The Balaban J connectivity index is 1.65. The van der Waals surface area contributed by atoms with Gasteiger partial charge in [0.1, 0.15) is 12.6 Å². The Kier molecular flexibility index (Phi) is 8.68. The average molecular weight is 479 g/mol. The van der Waals surface area contributed by atoms with Crippen LogP contribution in [0.2, 0.25) is 0 Å². The van der Waals surface area contributed by atoms with E-state index in [-0.39, 0.29) is 18.4 Å². The number of carbonyl (C=O) groups is 3. The molecule has 0 heterocycles. The number of allylic oxidation sites excluding steroid dienone is 1. The SMILES string of the molecule is C=CCCC(NC(=O)OCC1c2ccccc2-c2ccccc21)C(=O)NC(C)C(C(=O)O)C(C)C. The fourth-order valence-electron chi connectivity index (χ4n) is 4.83. The molecule has 0 spiro atoms. The monoisotopic (exact) mass is 478 g/mol. The molecule has 35 heavy (non-hydrogen) atoms. The van der Waals surface area contributed by atoms with Crippen LogP contribution in [-0.2, 0) is 14.3 Å². The van der Waals surface area contributed by atoms with Crippen molar-refractivity contribution in [1.82, 2.24) is 10.6 Å². The zero-order chi connectivity index (χ0) is 25.5. The molecule has 0 aliphatic heterocycles. The lowest BCUT2D eigenvalue weighted by molar-refractivity contribution is -0.144. The van der Waals surface area contributed by atoms with Gasteiger partial charge in [0.2, 0.25) is 5.91 Å². The molecule has 0 saturated heterocycles. The van der Waals surface area contributed by atoms with E-state index in [1.54, 1.807) is 26.8 Å². The van der Waals surface area contributed by atoms with Gasteiger partial charge in [-0.05, 0) is 47.9 Å².